The number of nitrogens with one attached hydrogen (secondary N) is 1. The van der Waals surface area contributed by atoms with E-state index in [0.29, 0.717) is 13.0 Å². The van der Waals surface area contributed by atoms with E-state index in [2.05, 4.69) is 23.3 Å². The monoisotopic (exact) mass is 342 g/mol. The zero-order valence-corrected chi connectivity index (χ0v) is 15.1. The highest BCUT2D eigenvalue weighted by Gasteiger charge is 2.31. The number of hydrogen-bond acceptors (Lipinski definition) is 4. The molecule has 2 aromatic rings. The quantitative estimate of drug-likeness (QED) is 0.904. The summed E-state index contributed by atoms with van der Waals surface area (Å²) in [6.07, 6.45) is 4.19. The van der Waals surface area contributed by atoms with Crippen molar-refractivity contribution in [3.8, 4) is 5.75 Å². The summed E-state index contributed by atoms with van der Waals surface area (Å²) >= 11 is 0. The van der Waals surface area contributed by atoms with Crippen LogP contribution in [0.15, 0.2) is 36.7 Å². The first-order valence-electron chi connectivity index (χ1n) is 8.71. The Morgan fingerprint density at radius 3 is 3.04 bits per heavy atom. The standard InChI is InChI=1S/C19H26N4O2/c1-14(15-5-4-6-16(12-15)25-3)11-18(24)23-10-7-20-13-17(23)19-21-8-9-22(19)2/h4-6,8-9,12,14,17,20H,7,10-11,13H2,1-3H3. The number of ether oxygens (including phenoxy) is 1. The van der Waals surface area contributed by atoms with Crippen LogP contribution in [0, 0.1) is 0 Å². The summed E-state index contributed by atoms with van der Waals surface area (Å²) in [5, 5.41) is 3.37. The highest BCUT2D eigenvalue weighted by atomic mass is 16.5. The molecule has 134 valence electrons. The van der Waals surface area contributed by atoms with E-state index in [0.717, 1.165) is 30.2 Å². The van der Waals surface area contributed by atoms with Crippen molar-refractivity contribution in [2.24, 2.45) is 7.05 Å². The van der Waals surface area contributed by atoms with Gasteiger partial charge in [-0.15, -0.1) is 0 Å². The van der Waals surface area contributed by atoms with Crippen molar-refractivity contribution in [3.63, 3.8) is 0 Å². The molecule has 0 spiro atoms. The van der Waals surface area contributed by atoms with Gasteiger partial charge in [0.1, 0.15) is 17.6 Å². The lowest BCUT2D eigenvalue weighted by Crippen LogP contribution is -2.49. The first kappa shape index (κ1) is 17.5. The van der Waals surface area contributed by atoms with Crippen molar-refractivity contribution in [1.29, 1.82) is 0 Å². The average Bonchev–Trinajstić information content (AvgIpc) is 3.07. The van der Waals surface area contributed by atoms with Crippen LogP contribution in [-0.4, -0.2) is 47.1 Å². The number of aryl methyl sites for hydroxylation is 1. The second-order valence-electron chi connectivity index (χ2n) is 6.59. The first-order valence-corrected chi connectivity index (χ1v) is 8.71. The van der Waals surface area contributed by atoms with Crippen LogP contribution < -0.4 is 10.1 Å². The minimum atomic E-state index is -0.0150. The van der Waals surface area contributed by atoms with Crippen molar-refractivity contribution in [3.05, 3.63) is 48.0 Å². The fourth-order valence-electron chi connectivity index (χ4n) is 3.38. The maximum atomic E-state index is 13.0. The van der Waals surface area contributed by atoms with Gasteiger partial charge in [-0.3, -0.25) is 4.79 Å². The van der Waals surface area contributed by atoms with Crippen LogP contribution in [0.25, 0.3) is 0 Å². The van der Waals surface area contributed by atoms with Crippen molar-refractivity contribution < 1.29 is 9.53 Å². The Hall–Kier alpha value is -2.34. The number of hydrogen-bond donors (Lipinski definition) is 1. The molecule has 0 radical (unpaired) electrons. The number of amides is 1. The Balaban J connectivity index is 1.73. The van der Waals surface area contributed by atoms with Gasteiger partial charge in [0.2, 0.25) is 5.91 Å². The fraction of sp³-hybridized carbons (Fsp3) is 0.474. The van der Waals surface area contributed by atoms with Gasteiger partial charge >= 0.3 is 0 Å². The molecule has 6 heteroatoms. The number of methoxy groups -OCH3 is 1. The van der Waals surface area contributed by atoms with E-state index in [-0.39, 0.29) is 17.9 Å². The maximum absolute atomic E-state index is 13.0. The lowest BCUT2D eigenvalue weighted by molar-refractivity contribution is -0.135. The molecule has 1 aromatic heterocycles. The number of rotatable bonds is 5. The third kappa shape index (κ3) is 3.85. The van der Waals surface area contributed by atoms with Gasteiger partial charge in [-0.2, -0.15) is 0 Å². The predicted octanol–water partition coefficient (Wildman–Crippen LogP) is 2.10. The Morgan fingerprint density at radius 2 is 2.32 bits per heavy atom. The minimum absolute atomic E-state index is 0.0150. The van der Waals surface area contributed by atoms with E-state index in [4.69, 9.17) is 4.74 Å². The summed E-state index contributed by atoms with van der Waals surface area (Å²) in [4.78, 5) is 19.4. The number of nitrogens with zero attached hydrogens (tertiary/aromatic N) is 3. The summed E-state index contributed by atoms with van der Waals surface area (Å²) in [5.41, 5.74) is 1.12. The van der Waals surface area contributed by atoms with E-state index in [1.54, 1.807) is 13.3 Å². The molecule has 1 aliphatic rings. The predicted molar refractivity (Wildman–Crippen MR) is 96.6 cm³/mol. The summed E-state index contributed by atoms with van der Waals surface area (Å²) in [6, 6.07) is 7.93. The number of piperazine rings is 1. The van der Waals surface area contributed by atoms with E-state index < -0.39 is 0 Å². The summed E-state index contributed by atoms with van der Waals surface area (Å²) in [6.45, 7) is 4.36. The lowest BCUT2D eigenvalue weighted by atomic mass is 9.96. The molecule has 1 amide bonds. The first-order chi connectivity index (χ1) is 12.1. The Kier molecular flexibility index (Phi) is 5.38. The van der Waals surface area contributed by atoms with Crippen LogP contribution in [0.3, 0.4) is 0 Å². The van der Waals surface area contributed by atoms with Gasteiger partial charge in [0.25, 0.3) is 0 Å². The molecule has 1 fully saturated rings. The van der Waals surface area contributed by atoms with Gasteiger partial charge in [0, 0.05) is 45.5 Å². The van der Waals surface area contributed by atoms with Crippen molar-refractivity contribution in [2.45, 2.75) is 25.3 Å². The molecule has 1 aliphatic heterocycles. The van der Waals surface area contributed by atoms with Crippen LogP contribution >= 0.6 is 0 Å². The highest BCUT2D eigenvalue weighted by molar-refractivity contribution is 5.77. The minimum Gasteiger partial charge on any atom is -0.497 e. The molecule has 25 heavy (non-hydrogen) atoms. The molecule has 1 aromatic carbocycles. The van der Waals surface area contributed by atoms with Gasteiger partial charge < -0.3 is 19.5 Å². The van der Waals surface area contributed by atoms with E-state index in [1.807, 2.05) is 40.9 Å². The van der Waals surface area contributed by atoms with Gasteiger partial charge in [0.15, 0.2) is 0 Å². The highest BCUT2D eigenvalue weighted by Crippen LogP contribution is 2.27. The molecule has 0 saturated carbocycles. The van der Waals surface area contributed by atoms with Crippen LogP contribution in [0.5, 0.6) is 5.75 Å². The second kappa shape index (κ2) is 7.70. The van der Waals surface area contributed by atoms with Gasteiger partial charge in [-0.25, -0.2) is 4.98 Å². The third-order valence-electron chi connectivity index (χ3n) is 4.86. The number of carbonyl (C=O) groups excluding carboxylic acids is 1. The number of benzene rings is 1. The molecular weight excluding hydrogens is 316 g/mol. The second-order valence-corrected chi connectivity index (χ2v) is 6.59. The normalized spacial score (nSPS) is 18.8. The van der Waals surface area contributed by atoms with Gasteiger partial charge in [0.05, 0.1) is 7.11 Å². The summed E-state index contributed by atoms with van der Waals surface area (Å²) in [7, 11) is 3.63. The molecule has 3 rings (SSSR count). The fourth-order valence-corrected chi connectivity index (χ4v) is 3.38. The molecule has 2 unspecified atom stereocenters. The van der Waals surface area contributed by atoms with Gasteiger partial charge in [-0.1, -0.05) is 19.1 Å². The summed E-state index contributed by atoms with van der Waals surface area (Å²) in [5.74, 6) is 2.06. The van der Waals surface area contributed by atoms with Crippen molar-refractivity contribution in [1.82, 2.24) is 19.8 Å². The lowest BCUT2D eigenvalue weighted by Gasteiger charge is -2.36. The van der Waals surface area contributed by atoms with Gasteiger partial charge in [-0.05, 0) is 23.6 Å². The molecule has 0 bridgehead atoms. The molecule has 1 N–H and O–H groups in total. The van der Waals surface area contributed by atoms with Crippen molar-refractivity contribution in [2.75, 3.05) is 26.7 Å². The van der Waals surface area contributed by atoms with Crippen molar-refractivity contribution >= 4 is 5.91 Å². The van der Waals surface area contributed by atoms with Crippen LogP contribution in [0.4, 0.5) is 0 Å². The molecule has 6 nitrogen and oxygen atoms in total. The average molecular weight is 342 g/mol. The smallest absolute Gasteiger partial charge is 0.223 e. The molecule has 1 saturated heterocycles. The third-order valence-corrected chi connectivity index (χ3v) is 4.86. The molecular formula is C19H26N4O2. The largest absolute Gasteiger partial charge is 0.497 e. The Morgan fingerprint density at radius 1 is 1.48 bits per heavy atom. The topological polar surface area (TPSA) is 59.4 Å². The Bertz CT molecular complexity index is 728. The van der Waals surface area contributed by atoms with E-state index >= 15 is 0 Å². The van der Waals surface area contributed by atoms with E-state index in [1.165, 1.54) is 0 Å². The molecule has 2 heterocycles. The van der Waals surface area contributed by atoms with Crippen LogP contribution in [0.2, 0.25) is 0 Å². The number of carbonyl (C=O) groups is 1. The molecule has 2 atom stereocenters. The zero-order valence-electron chi connectivity index (χ0n) is 15.1. The summed E-state index contributed by atoms with van der Waals surface area (Å²) < 4.78 is 7.28. The van der Waals surface area contributed by atoms with E-state index in [9.17, 15) is 4.79 Å². The Labute approximate surface area is 148 Å². The number of aromatic nitrogens is 2. The SMILES string of the molecule is COc1cccc(C(C)CC(=O)N2CCNCC2c2nccn2C)c1. The van der Waals surface area contributed by atoms with Crippen LogP contribution in [-0.2, 0) is 11.8 Å². The number of imidazole rings is 1. The zero-order chi connectivity index (χ0) is 17.8. The molecule has 0 aliphatic carbocycles. The maximum Gasteiger partial charge on any atom is 0.223 e. The van der Waals surface area contributed by atoms with Crippen LogP contribution in [0.1, 0.15) is 36.7 Å².